The van der Waals surface area contributed by atoms with Crippen LogP contribution in [0.2, 0.25) is 0 Å². The summed E-state index contributed by atoms with van der Waals surface area (Å²) in [5, 5.41) is 29.3. The summed E-state index contributed by atoms with van der Waals surface area (Å²) < 4.78 is 0. The SMILES string of the molecule is CC(C)[O-].CC(C)[O-].CCCCCCCCCCCCCCCCCCCC(=O)[O-].[Al+3]. The van der Waals surface area contributed by atoms with Gasteiger partial charge in [-0.2, -0.15) is 0 Å². The molecule has 5 heteroatoms. The maximum absolute atomic E-state index is 10.2. The summed E-state index contributed by atoms with van der Waals surface area (Å²) in [6.45, 7) is 8.72. The van der Waals surface area contributed by atoms with Crippen molar-refractivity contribution in [2.24, 2.45) is 0 Å². The van der Waals surface area contributed by atoms with E-state index in [1.807, 2.05) is 0 Å². The number of carboxylic acids is 1. The zero-order valence-corrected chi connectivity index (χ0v) is 22.7. The molecule has 0 radical (unpaired) electrons. The van der Waals surface area contributed by atoms with Gasteiger partial charge in [0.15, 0.2) is 0 Å². The quantitative estimate of drug-likeness (QED) is 0.217. The van der Waals surface area contributed by atoms with Gasteiger partial charge in [0.2, 0.25) is 0 Å². The Kier molecular flexibility index (Phi) is 42.6. The molecule has 0 saturated carbocycles. The molecule has 0 aromatic rings. The molecule has 0 saturated heterocycles. The van der Waals surface area contributed by atoms with Crippen molar-refractivity contribution in [2.75, 3.05) is 0 Å². The van der Waals surface area contributed by atoms with E-state index in [9.17, 15) is 20.1 Å². The standard InChI is InChI=1S/C20H40O2.2C3H7O.Al/c1-2-3-4-5-6-7-8-9-10-11-12-13-14-15-16-17-18-19-20(21)22;2*1-3(2)4;/h2-19H2,1H3,(H,21,22);2*3H,1-2H3;/q;2*-1;+3/p-1. The minimum absolute atomic E-state index is 0. The molecule has 4 nitrogen and oxygen atoms in total. The smallest absolute Gasteiger partial charge is 0.852 e. The summed E-state index contributed by atoms with van der Waals surface area (Å²) in [4.78, 5) is 10.2. The van der Waals surface area contributed by atoms with Gasteiger partial charge in [-0.25, -0.2) is 0 Å². The molecular weight excluding hydrogens is 403 g/mol. The zero-order valence-electron chi connectivity index (χ0n) is 21.6. The van der Waals surface area contributed by atoms with Gasteiger partial charge in [-0.3, -0.25) is 0 Å². The first kappa shape index (κ1) is 38.2. The molecule has 0 unspecified atom stereocenters. The molecule has 0 aromatic heterocycles. The van der Waals surface area contributed by atoms with E-state index in [1.54, 1.807) is 27.7 Å². The van der Waals surface area contributed by atoms with Crippen molar-refractivity contribution in [3.63, 3.8) is 0 Å². The van der Waals surface area contributed by atoms with Crippen molar-refractivity contribution >= 4 is 23.3 Å². The third kappa shape index (κ3) is 65.2. The molecule has 0 heterocycles. The molecule has 0 bridgehead atoms. The molecule has 0 aliphatic rings. The maximum Gasteiger partial charge on any atom is 3.00 e. The molecule has 0 aliphatic heterocycles. The number of carbonyl (C=O) groups excluding carboxylic acids is 1. The van der Waals surface area contributed by atoms with Crippen LogP contribution in [0.1, 0.15) is 150 Å². The number of rotatable bonds is 18. The van der Waals surface area contributed by atoms with Crippen molar-refractivity contribution < 1.29 is 20.1 Å². The van der Waals surface area contributed by atoms with Crippen molar-refractivity contribution in [3.05, 3.63) is 0 Å². The summed E-state index contributed by atoms with van der Waals surface area (Å²) in [5.41, 5.74) is 0. The molecule has 184 valence electrons. The van der Waals surface area contributed by atoms with E-state index in [-0.39, 0.29) is 23.8 Å². The Morgan fingerprint density at radius 1 is 0.548 bits per heavy atom. The van der Waals surface area contributed by atoms with Crippen molar-refractivity contribution in [3.8, 4) is 0 Å². The Balaban J connectivity index is -0.000000345. The van der Waals surface area contributed by atoms with Gasteiger partial charge in [0, 0.05) is 5.97 Å². The first-order valence-corrected chi connectivity index (χ1v) is 12.7. The van der Waals surface area contributed by atoms with Crippen LogP contribution in [-0.2, 0) is 4.79 Å². The fourth-order valence-electron chi connectivity index (χ4n) is 2.99. The molecular formula is C26H53AlO4. The summed E-state index contributed by atoms with van der Waals surface area (Å²) in [6, 6.07) is 0. The third-order valence-electron chi connectivity index (χ3n) is 4.48. The number of carboxylic acid groups (broad SMARTS) is 1. The summed E-state index contributed by atoms with van der Waals surface area (Å²) in [5.74, 6) is -0.902. The largest absolute Gasteiger partial charge is 3.00 e. The van der Waals surface area contributed by atoms with E-state index >= 15 is 0 Å². The van der Waals surface area contributed by atoms with Gasteiger partial charge >= 0.3 is 17.4 Å². The molecule has 0 rings (SSSR count). The average Bonchev–Trinajstić information content (AvgIpc) is 2.63. The van der Waals surface area contributed by atoms with E-state index in [4.69, 9.17) is 0 Å². The molecule has 0 atom stereocenters. The number of hydrogen-bond donors (Lipinski definition) is 0. The van der Waals surface area contributed by atoms with E-state index in [0.29, 0.717) is 0 Å². The van der Waals surface area contributed by atoms with Crippen molar-refractivity contribution in [1.29, 1.82) is 0 Å². The van der Waals surface area contributed by atoms with Crippen LogP contribution >= 0.6 is 0 Å². The Bertz CT molecular complexity index is 298. The second-order valence-corrected chi connectivity index (χ2v) is 8.88. The molecule has 0 amide bonds. The van der Waals surface area contributed by atoms with Crippen LogP contribution in [0.4, 0.5) is 0 Å². The summed E-state index contributed by atoms with van der Waals surface area (Å²) in [7, 11) is 0. The van der Waals surface area contributed by atoms with Gasteiger partial charge in [0.25, 0.3) is 0 Å². The van der Waals surface area contributed by atoms with E-state index in [1.165, 1.54) is 96.3 Å². The minimum Gasteiger partial charge on any atom is -0.852 e. The van der Waals surface area contributed by atoms with Crippen LogP contribution in [0.15, 0.2) is 0 Å². The Morgan fingerprint density at radius 2 is 0.742 bits per heavy atom. The van der Waals surface area contributed by atoms with Crippen LogP contribution in [-0.4, -0.2) is 35.5 Å². The second kappa shape index (κ2) is 34.5. The minimum atomic E-state index is -0.902. The fourth-order valence-corrected chi connectivity index (χ4v) is 2.99. The van der Waals surface area contributed by atoms with Gasteiger partial charge in [0.1, 0.15) is 0 Å². The molecule has 31 heavy (non-hydrogen) atoms. The predicted molar refractivity (Wildman–Crippen MR) is 130 cm³/mol. The summed E-state index contributed by atoms with van der Waals surface area (Å²) in [6.07, 6.45) is 22.0. The van der Waals surface area contributed by atoms with Crippen molar-refractivity contribution in [1.82, 2.24) is 0 Å². The maximum atomic E-state index is 10.2. The molecule has 0 aliphatic carbocycles. The second-order valence-electron chi connectivity index (χ2n) is 8.88. The topological polar surface area (TPSA) is 86.2 Å². The molecule has 0 spiro atoms. The van der Waals surface area contributed by atoms with Gasteiger partial charge in [0.05, 0.1) is 0 Å². The predicted octanol–water partition coefficient (Wildman–Crippen LogP) is 4.91. The monoisotopic (exact) mass is 456 g/mol. The Morgan fingerprint density at radius 3 is 0.935 bits per heavy atom. The van der Waals surface area contributed by atoms with Crippen LogP contribution < -0.4 is 15.3 Å². The summed E-state index contributed by atoms with van der Waals surface area (Å²) >= 11 is 0. The number of carbonyl (C=O) groups is 1. The molecule has 0 N–H and O–H groups in total. The number of aliphatic carboxylic acids is 1. The Labute approximate surface area is 205 Å². The van der Waals surface area contributed by atoms with Crippen LogP contribution in [0.5, 0.6) is 0 Å². The Hall–Kier alpha value is -0.0775. The van der Waals surface area contributed by atoms with E-state index in [0.717, 1.165) is 12.8 Å². The van der Waals surface area contributed by atoms with Crippen LogP contribution in [0.25, 0.3) is 0 Å². The van der Waals surface area contributed by atoms with Gasteiger partial charge in [-0.15, -0.1) is 12.2 Å². The van der Waals surface area contributed by atoms with Crippen molar-refractivity contribution in [2.45, 2.75) is 162 Å². The average molecular weight is 457 g/mol. The van der Waals surface area contributed by atoms with E-state index in [2.05, 4.69) is 6.92 Å². The first-order chi connectivity index (χ1) is 14.2. The van der Waals surface area contributed by atoms with Crippen LogP contribution in [0, 0.1) is 0 Å². The normalized spacial score (nSPS) is 10.1. The first-order valence-electron chi connectivity index (χ1n) is 12.7. The molecule has 0 aromatic carbocycles. The number of unbranched alkanes of at least 4 members (excludes halogenated alkanes) is 16. The van der Waals surface area contributed by atoms with Gasteiger partial charge in [-0.05, 0) is 12.8 Å². The molecule has 0 fully saturated rings. The van der Waals surface area contributed by atoms with Gasteiger partial charge in [-0.1, -0.05) is 137 Å². The van der Waals surface area contributed by atoms with E-state index < -0.39 is 18.2 Å². The number of hydrogen-bond acceptors (Lipinski definition) is 4. The van der Waals surface area contributed by atoms with Crippen LogP contribution in [0.3, 0.4) is 0 Å². The third-order valence-corrected chi connectivity index (χ3v) is 4.48. The zero-order chi connectivity index (χ0) is 23.5. The van der Waals surface area contributed by atoms with Gasteiger partial charge < -0.3 is 20.1 Å². The fraction of sp³-hybridized carbons (Fsp3) is 0.962.